The van der Waals surface area contributed by atoms with E-state index in [4.69, 9.17) is 4.74 Å². The third-order valence-corrected chi connectivity index (χ3v) is 4.92. The first-order chi connectivity index (χ1) is 12.3. The average molecular weight is 373 g/mol. The summed E-state index contributed by atoms with van der Waals surface area (Å²) in [5, 5.41) is 9.48. The molecule has 0 amide bonds. The molecule has 1 fully saturated rings. The van der Waals surface area contributed by atoms with E-state index in [1.54, 1.807) is 6.07 Å². The highest BCUT2D eigenvalue weighted by Crippen LogP contribution is 2.36. The minimum absolute atomic E-state index is 0.0694. The first kappa shape index (κ1) is 19.1. The van der Waals surface area contributed by atoms with Crippen LogP contribution in [-0.2, 0) is 22.4 Å². The van der Waals surface area contributed by atoms with Gasteiger partial charge in [-0.25, -0.2) is 4.79 Å². The fraction of sp³-hybridized carbons (Fsp3) is 0.611. The van der Waals surface area contributed by atoms with Gasteiger partial charge in [-0.2, -0.15) is 13.2 Å². The summed E-state index contributed by atoms with van der Waals surface area (Å²) in [5.41, 5.74) is 1.44. The number of ether oxygens (including phenoxy) is 2. The van der Waals surface area contributed by atoms with Crippen molar-refractivity contribution < 1.29 is 32.5 Å². The van der Waals surface area contributed by atoms with Crippen molar-refractivity contribution in [1.82, 2.24) is 4.90 Å². The molecular weight excluding hydrogens is 351 g/mol. The molecule has 1 N–H and O–H groups in total. The van der Waals surface area contributed by atoms with Crippen molar-refractivity contribution in [2.45, 2.75) is 50.6 Å². The van der Waals surface area contributed by atoms with Gasteiger partial charge in [0.15, 0.2) is 0 Å². The van der Waals surface area contributed by atoms with Gasteiger partial charge in [-0.1, -0.05) is 19.1 Å². The molecule has 144 valence electrons. The lowest BCUT2D eigenvalue weighted by molar-refractivity contribution is -0.189. The van der Waals surface area contributed by atoms with Crippen LogP contribution in [0.3, 0.4) is 0 Å². The maximum absolute atomic E-state index is 12.5. The summed E-state index contributed by atoms with van der Waals surface area (Å²) in [6.45, 7) is 3.45. The van der Waals surface area contributed by atoms with Crippen LogP contribution in [0.5, 0.6) is 5.75 Å². The molecule has 0 spiro atoms. The predicted octanol–water partition coefficient (Wildman–Crippen LogP) is 2.09. The van der Waals surface area contributed by atoms with Crippen LogP contribution in [0, 0.1) is 0 Å². The summed E-state index contributed by atoms with van der Waals surface area (Å²) in [6, 6.07) is 4.92. The molecule has 3 atom stereocenters. The molecule has 0 aromatic heterocycles. The van der Waals surface area contributed by atoms with E-state index in [-0.39, 0.29) is 30.6 Å². The number of alkyl halides is 3. The van der Waals surface area contributed by atoms with Gasteiger partial charge in [-0.3, -0.25) is 4.90 Å². The van der Waals surface area contributed by atoms with E-state index in [1.807, 2.05) is 6.07 Å². The summed E-state index contributed by atoms with van der Waals surface area (Å²) < 4.78 is 48.2. The number of carbonyl (C=O) groups is 1. The Bertz CT molecular complexity index is 664. The van der Waals surface area contributed by atoms with Gasteiger partial charge in [-0.15, -0.1) is 0 Å². The van der Waals surface area contributed by atoms with Crippen molar-refractivity contribution >= 4 is 5.97 Å². The van der Waals surface area contributed by atoms with Gasteiger partial charge in [0.25, 0.3) is 0 Å². The molecule has 0 bridgehead atoms. The number of aliphatic hydroxyl groups is 1. The number of hydrogen-bond donors (Lipinski definition) is 1. The third-order valence-electron chi connectivity index (χ3n) is 4.92. The molecule has 1 aromatic rings. The molecule has 1 heterocycles. The predicted molar refractivity (Wildman–Crippen MR) is 86.9 cm³/mol. The zero-order valence-corrected chi connectivity index (χ0v) is 14.5. The van der Waals surface area contributed by atoms with E-state index < -0.39 is 12.1 Å². The molecule has 5 nitrogen and oxygen atoms in total. The number of morpholine rings is 1. The Labute approximate surface area is 149 Å². The van der Waals surface area contributed by atoms with Crippen LogP contribution >= 0.6 is 0 Å². The van der Waals surface area contributed by atoms with E-state index in [1.165, 1.54) is 6.07 Å². The SMILES string of the molecule is CCCN1C[C@H](CO)O[C@@H]2Cc3c(cccc3OC(=O)C(F)(F)F)C[C@H]21. The van der Waals surface area contributed by atoms with Crippen molar-refractivity contribution in [2.75, 3.05) is 19.7 Å². The van der Waals surface area contributed by atoms with Crippen LogP contribution in [-0.4, -0.2) is 60.1 Å². The smallest absolute Gasteiger partial charge is 0.420 e. The van der Waals surface area contributed by atoms with Gasteiger partial charge in [-0.05, 0) is 31.0 Å². The number of halogens is 3. The highest BCUT2D eigenvalue weighted by molar-refractivity contribution is 5.78. The second-order valence-corrected chi connectivity index (χ2v) is 6.73. The summed E-state index contributed by atoms with van der Waals surface area (Å²) in [7, 11) is 0. The van der Waals surface area contributed by atoms with Crippen molar-refractivity contribution in [3.63, 3.8) is 0 Å². The minimum Gasteiger partial charge on any atom is -0.420 e. The van der Waals surface area contributed by atoms with Gasteiger partial charge in [0.2, 0.25) is 0 Å². The maximum atomic E-state index is 12.5. The first-order valence-electron chi connectivity index (χ1n) is 8.73. The standard InChI is InChI=1S/C18H22F3NO4/c1-2-6-22-9-12(10-23)25-16-8-13-11(7-14(16)22)4-3-5-15(13)26-17(24)18(19,20)21/h3-5,12,14,16,23H,2,6-10H2,1H3/t12-,14-,16-/m1/s1. The van der Waals surface area contributed by atoms with E-state index in [9.17, 15) is 23.1 Å². The number of hydrogen-bond acceptors (Lipinski definition) is 5. The molecule has 8 heteroatoms. The van der Waals surface area contributed by atoms with Crippen LogP contribution in [0.1, 0.15) is 24.5 Å². The lowest BCUT2D eigenvalue weighted by atomic mass is 9.83. The average Bonchev–Trinajstić information content (AvgIpc) is 2.60. The Kier molecular flexibility index (Phi) is 5.55. The summed E-state index contributed by atoms with van der Waals surface area (Å²) in [5.74, 6) is -2.29. The monoisotopic (exact) mass is 373 g/mol. The molecular formula is C18H22F3NO4. The van der Waals surface area contributed by atoms with Crippen molar-refractivity contribution in [1.29, 1.82) is 0 Å². The van der Waals surface area contributed by atoms with Gasteiger partial charge >= 0.3 is 12.1 Å². The van der Waals surface area contributed by atoms with Crippen LogP contribution < -0.4 is 4.74 Å². The molecule has 1 saturated heterocycles. The summed E-state index contributed by atoms with van der Waals surface area (Å²) in [6.07, 6.45) is -3.72. The number of aliphatic hydroxyl groups excluding tert-OH is 1. The molecule has 26 heavy (non-hydrogen) atoms. The quantitative estimate of drug-likeness (QED) is 0.647. The Morgan fingerprint density at radius 3 is 2.81 bits per heavy atom. The Balaban J connectivity index is 1.86. The molecule has 1 aromatic carbocycles. The van der Waals surface area contributed by atoms with E-state index in [0.717, 1.165) is 18.5 Å². The Morgan fingerprint density at radius 2 is 2.15 bits per heavy atom. The van der Waals surface area contributed by atoms with Crippen LogP contribution in [0.15, 0.2) is 18.2 Å². The zero-order chi connectivity index (χ0) is 18.9. The Hall–Kier alpha value is -1.64. The molecule has 0 saturated carbocycles. The number of fused-ring (bicyclic) bond motifs is 2. The number of carbonyl (C=O) groups excluding carboxylic acids is 1. The number of esters is 1. The van der Waals surface area contributed by atoms with Gasteiger partial charge in [0.1, 0.15) is 5.75 Å². The fourth-order valence-electron chi connectivity index (χ4n) is 3.82. The largest absolute Gasteiger partial charge is 0.491 e. The first-order valence-corrected chi connectivity index (χ1v) is 8.73. The van der Waals surface area contributed by atoms with E-state index >= 15 is 0 Å². The van der Waals surface area contributed by atoms with E-state index in [0.29, 0.717) is 24.9 Å². The highest BCUT2D eigenvalue weighted by Gasteiger charge is 2.43. The minimum atomic E-state index is -5.04. The van der Waals surface area contributed by atoms with Crippen molar-refractivity contribution in [3.8, 4) is 5.75 Å². The Morgan fingerprint density at radius 1 is 1.38 bits per heavy atom. The fourth-order valence-corrected chi connectivity index (χ4v) is 3.82. The van der Waals surface area contributed by atoms with Crippen molar-refractivity contribution in [3.05, 3.63) is 29.3 Å². The lowest BCUT2D eigenvalue weighted by Gasteiger charge is -2.47. The molecule has 1 aliphatic carbocycles. The second kappa shape index (κ2) is 7.54. The highest BCUT2D eigenvalue weighted by atomic mass is 19.4. The topological polar surface area (TPSA) is 59.0 Å². The lowest BCUT2D eigenvalue weighted by Crippen LogP contribution is -2.58. The second-order valence-electron chi connectivity index (χ2n) is 6.73. The summed E-state index contributed by atoms with van der Waals surface area (Å²) >= 11 is 0. The molecule has 0 unspecified atom stereocenters. The number of benzene rings is 1. The maximum Gasteiger partial charge on any atom is 0.491 e. The molecule has 2 aliphatic rings. The molecule has 0 radical (unpaired) electrons. The van der Waals surface area contributed by atoms with Crippen molar-refractivity contribution in [2.24, 2.45) is 0 Å². The molecule has 3 rings (SSSR count). The van der Waals surface area contributed by atoms with Crippen LogP contribution in [0.2, 0.25) is 0 Å². The zero-order valence-electron chi connectivity index (χ0n) is 14.5. The number of rotatable bonds is 4. The van der Waals surface area contributed by atoms with Crippen LogP contribution in [0.25, 0.3) is 0 Å². The van der Waals surface area contributed by atoms with Crippen LogP contribution in [0.4, 0.5) is 13.2 Å². The third kappa shape index (κ3) is 3.87. The van der Waals surface area contributed by atoms with E-state index in [2.05, 4.69) is 16.6 Å². The molecule has 1 aliphatic heterocycles. The summed E-state index contributed by atoms with van der Waals surface area (Å²) in [4.78, 5) is 13.5. The van der Waals surface area contributed by atoms with Gasteiger partial charge in [0, 0.05) is 24.6 Å². The van der Waals surface area contributed by atoms with Gasteiger partial charge < -0.3 is 14.6 Å². The normalized spacial score (nSPS) is 26.1. The number of nitrogens with zero attached hydrogens (tertiary/aromatic N) is 1. The van der Waals surface area contributed by atoms with Gasteiger partial charge in [0.05, 0.1) is 18.8 Å².